The zero-order valence-electron chi connectivity index (χ0n) is 14.2. The number of nitrogens with zero attached hydrogens (tertiary/aromatic N) is 1. The van der Waals surface area contributed by atoms with Crippen molar-refractivity contribution >= 4 is 5.69 Å². The third-order valence-electron chi connectivity index (χ3n) is 3.80. The van der Waals surface area contributed by atoms with Crippen LogP contribution >= 0.6 is 0 Å². The molecule has 2 heteroatoms. The van der Waals surface area contributed by atoms with E-state index in [9.17, 15) is 0 Å². The number of hydrogen-bond donors (Lipinski definition) is 1. The lowest BCUT2D eigenvalue weighted by Gasteiger charge is -2.26. The first-order chi connectivity index (χ1) is 9.43. The molecule has 1 unspecified atom stereocenters. The summed E-state index contributed by atoms with van der Waals surface area (Å²) in [6, 6.07) is 6.80. The summed E-state index contributed by atoms with van der Waals surface area (Å²) in [6.45, 7) is 14.4. The Bertz CT molecular complexity index is 398. The van der Waals surface area contributed by atoms with Crippen LogP contribution in [0.2, 0.25) is 0 Å². The maximum absolute atomic E-state index is 3.56. The smallest absolute Gasteiger partial charge is 0.0409 e. The molecule has 2 nitrogen and oxygen atoms in total. The Morgan fingerprint density at radius 2 is 1.90 bits per heavy atom. The molecule has 0 fully saturated rings. The molecule has 1 aromatic rings. The lowest BCUT2D eigenvalue weighted by atomic mass is 10.1. The molecule has 0 aliphatic heterocycles. The first-order valence-electron chi connectivity index (χ1n) is 7.95. The fourth-order valence-electron chi connectivity index (χ4n) is 2.42. The molecule has 0 bridgehead atoms. The Labute approximate surface area is 125 Å². The van der Waals surface area contributed by atoms with Gasteiger partial charge in [0, 0.05) is 25.8 Å². The van der Waals surface area contributed by atoms with Crippen LogP contribution < -0.4 is 10.2 Å². The second-order valence-corrected chi connectivity index (χ2v) is 6.55. The van der Waals surface area contributed by atoms with Gasteiger partial charge >= 0.3 is 0 Å². The van der Waals surface area contributed by atoms with Crippen LogP contribution in [0.1, 0.15) is 45.2 Å². The molecule has 1 atom stereocenters. The van der Waals surface area contributed by atoms with E-state index in [1.54, 1.807) is 0 Å². The molecule has 0 heterocycles. The SMILES string of the molecule is CCC(C)CN(C)c1ccc(C)cc1CNCC(C)C. The minimum atomic E-state index is 0.695. The molecule has 0 spiro atoms. The highest BCUT2D eigenvalue weighted by atomic mass is 15.1. The molecule has 20 heavy (non-hydrogen) atoms. The molecule has 0 saturated carbocycles. The van der Waals surface area contributed by atoms with Crippen molar-refractivity contribution in [1.82, 2.24) is 5.32 Å². The van der Waals surface area contributed by atoms with Crippen LogP contribution in [0.4, 0.5) is 5.69 Å². The minimum absolute atomic E-state index is 0.695. The zero-order chi connectivity index (χ0) is 15.1. The van der Waals surface area contributed by atoms with E-state index in [4.69, 9.17) is 0 Å². The lowest BCUT2D eigenvalue weighted by Crippen LogP contribution is -2.26. The standard InChI is InChI=1S/C18H32N2/c1-7-15(4)13-20(6)18-9-8-16(5)10-17(18)12-19-11-14(2)3/h8-10,14-15,19H,7,11-13H2,1-6H3. The molecular weight excluding hydrogens is 244 g/mol. The number of anilines is 1. The lowest BCUT2D eigenvalue weighted by molar-refractivity contribution is 0.546. The van der Waals surface area contributed by atoms with Gasteiger partial charge in [-0.25, -0.2) is 0 Å². The Kier molecular flexibility index (Phi) is 7.08. The Morgan fingerprint density at radius 1 is 1.20 bits per heavy atom. The van der Waals surface area contributed by atoms with Crippen molar-refractivity contribution in [3.8, 4) is 0 Å². The fourth-order valence-corrected chi connectivity index (χ4v) is 2.42. The van der Waals surface area contributed by atoms with Gasteiger partial charge in [0.15, 0.2) is 0 Å². The van der Waals surface area contributed by atoms with Crippen LogP contribution in [-0.2, 0) is 6.54 Å². The number of benzene rings is 1. The van der Waals surface area contributed by atoms with E-state index < -0.39 is 0 Å². The average molecular weight is 276 g/mol. The van der Waals surface area contributed by atoms with E-state index >= 15 is 0 Å². The summed E-state index contributed by atoms with van der Waals surface area (Å²) in [5.41, 5.74) is 4.12. The molecule has 1 N–H and O–H groups in total. The Hall–Kier alpha value is -1.02. The van der Waals surface area contributed by atoms with Crippen LogP contribution in [0.5, 0.6) is 0 Å². The molecular formula is C18H32N2. The summed E-state index contributed by atoms with van der Waals surface area (Å²) >= 11 is 0. The predicted molar refractivity (Wildman–Crippen MR) is 90.4 cm³/mol. The second kappa shape index (κ2) is 8.31. The first kappa shape index (κ1) is 17.0. The fraction of sp³-hybridized carbons (Fsp3) is 0.667. The van der Waals surface area contributed by atoms with Gasteiger partial charge in [-0.3, -0.25) is 0 Å². The van der Waals surface area contributed by atoms with Crippen molar-refractivity contribution in [2.24, 2.45) is 11.8 Å². The summed E-state index contributed by atoms with van der Waals surface area (Å²) in [5, 5.41) is 3.56. The van der Waals surface area contributed by atoms with E-state index in [1.165, 1.54) is 23.2 Å². The van der Waals surface area contributed by atoms with E-state index in [1.807, 2.05) is 0 Å². The highest BCUT2D eigenvalue weighted by molar-refractivity contribution is 5.54. The van der Waals surface area contributed by atoms with Crippen molar-refractivity contribution in [2.45, 2.75) is 47.6 Å². The van der Waals surface area contributed by atoms with Crippen LogP contribution in [-0.4, -0.2) is 20.1 Å². The van der Waals surface area contributed by atoms with Gasteiger partial charge in [0.05, 0.1) is 0 Å². The van der Waals surface area contributed by atoms with Crippen molar-refractivity contribution in [2.75, 3.05) is 25.0 Å². The molecule has 0 aliphatic rings. The average Bonchev–Trinajstić information content (AvgIpc) is 2.38. The molecule has 0 aromatic heterocycles. The molecule has 114 valence electrons. The molecule has 0 radical (unpaired) electrons. The number of aryl methyl sites for hydroxylation is 1. The second-order valence-electron chi connectivity index (χ2n) is 6.55. The highest BCUT2D eigenvalue weighted by Gasteiger charge is 2.10. The number of rotatable bonds is 8. The summed E-state index contributed by atoms with van der Waals surface area (Å²) in [7, 11) is 2.21. The van der Waals surface area contributed by atoms with E-state index in [2.05, 4.69) is 70.1 Å². The third-order valence-corrected chi connectivity index (χ3v) is 3.80. The van der Waals surface area contributed by atoms with Crippen molar-refractivity contribution in [3.63, 3.8) is 0 Å². The van der Waals surface area contributed by atoms with Crippen molar-refractivity contribution in [1.29, 1.82) is 0 Å². The van der Waals surface area contributed by atoms with Crippen LogP contribution in [0.3, 0.4) is 0 Å². The van der Waals surface area contributed by atoms with E-state index in [0.717, 1.165) is 25.6 Å². The molecule has 0 saturated heterocycles. The Balaban J connectivity index is 2.78. The van der Waals surface area contributed by atoms with Crippen LogP contribution in [0.25, 0.3) is 0 Å². The molecule has 1 aromatic carbocycles. The van der Waals surface area contributed by atoms with E-state index in [0.29, 0.717) is 5.92 Å². The number of nitrogens with one attached hydrogen (secondary N) is 1. The summed E-state index contributed by atoms with van der Waals surface area (Å²) in [5.74, 6) is 1.43. The maximum atomic E-state index is 3.56. The van der Waals surface area contributed by atoms with Crippen molar-refractivity contribution in [3.05, 3.63) is 29.3 Å². The van der Waals surface area contributed by atoms with Gasteiger partial charge in [-0.2, -0.15) is 0 Å². The van der Waals surface area contributed by atoms with Gasteiger partial charge < -0.3 is 10.2 Å². The normalized spacial score (nSPS) is 12.8. The maximum Gasteiger partial charge on any atom is 0.0409 e. The van der Waals surface area contributed by atoms with Crippen LogP contribution in [0.15, 0.2) is 18.2 Å². The zero-order valence-corrected chi connectivity index (χ0v) is 14.2. The van der Waals surface area contributed by atoms with Gasteiger partial charge in [0.25, 0.3) is 0 Å². The third kappa shape index (κ3) is 5.54. The highest BCUT2D eigenvalue weighted by Crippen LogP contribution is 2.22. The summed E-state index contributed by atoms with van der Waals surface area (Å²) in [6.07, 6.45) is 1.23. The van der Waals surface area contributed by atoms with Crippen LogP contribution in [0, 0.1) is 18.8 Å². The largest absolute Gasteiger partial charge is 0.374 e. The minimum Gasteiger partial charge on any atom is -0.374 e. The van der Waals surface area contributed by atoms with Gasteiger partial charge in [-0.15, -0.1) is 0 Å². The van der Waals surface area contributed by atoms with Gasteiger partial charge in [-0.05, 0) is 36.9 Å². The monoisotopic (exact) mass is 276 g/mol. The van der Waals surface area contributed by atoms with Gasteiger partial charge in [-0.1, -0.05) is 51.8 Å². The molecule has 0 aliphatic carbocycles. The number of hydrogen-bond acceptors (Lipinski definition) is 2. The molecule has 0 amide bonds. The topological polar surface area (TPSA) is 15.3 Å². The first-order valence-corrected chi connectivity index (χ1v) is 7.95. The van der Waals surface area contributed by atoms with Crippen molar-refractivity contribution < 1.29 is 0 Å². The van der Waals surface area contributed by atoms with Gasteiger partial charge in [0.1, 0.15) is 0 Å². The van der Waals surface area contributed by atoms with Gasteiger partial charge in [0.2, 0.25) is 0 Å². The van der Waals surface area contributed by atoms with E-state index in [-0.39, 0.29) is 0 Å². The molecule has 1 rings (SSSR count). The quantitative estimate of drug-likeness (QED) is 0.764. The Morgan fingerprint density at radius 3 is 2.50 bits per heavy atom. The summed E-state index contributed by atoms with van der Waals surface area (Å²) < 4.78 is 0. The summed E-state index contributed by atoms with van der Waals surface area (Å²) in [4.78, 5) is 2.40. The predicted octanol–water partition coefficient (Wildman–Crippen LogP) is 4.22.